The van der Waals surface area contributed by atoms with E-state index < -0.39 is 6.10 Å². The Labute approximate surface area is 133 Å². The van der Waals surface area contributed by atoms with E-state index in [0.29, 0.717) is 30.2 Å². The Kier molecular flexibility index (Phi) is 4.31. The lowest BCUT2D eigenvalue weighted by molar-refractivity contribution is 0.150. The standard InChI is InChI=1S/C15H19N4O4/c1-9(2)18-8-12(20)7-13(18)15-16-14(17-23-15)10-4-3-5-11(6-10)19(21)22/h3-6,9,12-13,20-21H,7-8H2,1-2H3/q-1/t12-,13+/m1/s1. The highest BCUT2D eigenvalue weighted by Gasteiger charge is 2.37. The van der Waals surface area contributed by atoms with E-state index in [1.54, 1.807) is 12.1 Å². The Morgan fingerprint density at radius 3 is 2.91 bits per heavy atom. The lowest BCUT2D eigenvalue weighted by Gasteiger charge is -2.25. The van der Waals surface area contributed by atoms with Crippen molar-refractivity contribution in [2.24, 2.45) is 0 Å². The van der Waals surface area contributed by atoms with Crippen LogP contribution in [0.1, 0.15) is 32.2 Å². The van der Waals surface area contributed by atoms with Crippen molar-refractivity contribution in [3.63, 3.8) is 0 Å². The fraction of sp³-hybridized carbons (Fsp3) is 0.467. The second-order valence-electron chi connectivity index (χ2n) is 5.98. The van der Waals surface area contributed by atoms with E-state index in [1.807, 2.05) is 0 Å². The Morgan fingerprint density at radius 1 is 1.43 bits per heavy atom. The predicted octanol–water partition coefficient (Wildman–Crippen LogP) is 1.95. The maximum absolute atomic E-state index is 11.0. The summed E-state index contributed by atoms with van der Waals surface area (Å²) >= 11 is 0. The van der Waals surface area contributed by atoms with E-state index >= 15 is 0 Å². The summed E-state index contributed by atoms with van der Waals surface area (Å²) in [5.74, 6) is 0.785. The minimum atomic E-state index is -0.413. The van der Waals surface area contributed by atoms with Gasteiger partial charge in [-0.2, -0.15) is 4.98 Å². The van der Waals surface area contributed by atoms with Crippen molar-refractivity contribution >= 4 is 5.69 Å². The molecule has 0 amide bonds. The van der Waals surface area contributed by atoms with Gasteiger partial charge in [-0.3, -0.25) is 10.1 Å². The molecule has 0 spiro atoms. The van der Waals surface area contributed by atoms with Crippen molar-refractivity contribution in [3.8, 4) is 11.4 Å². The van der Waals surface area contributed by atoms with E-state index in [1.165, 1.54) is 12.1 Å². The molecule has 0 bridgehead atoms. The molecule has 2 N–H and O–H groups in total. The highest BCUT2D eigenvalue weighted by molar-refractivity contribution is 5.62. The molecule has 2 heterocycles. The molecule has 8 heteroatoms. The van der Waals surface area contributed by atoms with Gasteiger partial charge in [0.05, 0.1) is 17.8 Å². The average molecular weight is 319 g/mol. The van der Waals surface area contributed by atoms with Gasteiger partial charge in [-0.1, -0.05) is 17.3 Å². The second kappa shape index (κ2) is 6.25. The second-order valence-corrected chi connectivity index (χ2v) is 5.98. The highest BCUT2D eigenvalue weighted by atomic mass is 16.8. The first-order chi connectivity index (χ1) is 11.0. The van der Waals surface area contributed by atoms with Gasteiger partial charge in [0.25, 0.3) is 0 Å². The number of hydrogen-bond acceptors (Lipinski definition) is 8. The van der Waals surface area contributed by atoms with Crippen molar-refractivity contribution in [2.75, 3.05) is 11.8 Å². The molecule has 124 valence electrons. The summed E-state index contributed by atoms with van der Waals surface area (Å²) in [6.07, 6.45) is 0.134. The van der Waals surface area contributed by atoms with Crippen LogP contribution in [0.2, 0.25) is 0 Å². The van der Waals surface area contributed by atoms with Crippen LogP contribution in [0.4, 0.5) is 5.69 Å². The number of benzene rings is 1. The molecule has 1 fully saturated rings. The zero-order chi connectivity index (χ0) is 16.6. The van der Waals surface area contributed by atoms with Crippen molar-refractivity contribution < 1.29 is 14.8 Å². The maximum atomic E-state index is 11.0. The van der Waals surface area contributed by atoms with Crippen LogP contribution in [0, 0.1) is 5.21 Å². The first-order valence-electron chi connectivity index (χ1n) is 7.49. The lowest BCUT2D eigenvalue weighted by Crippen LogP contribution is -2.31. The van der Waals surface area contributed by atoms with Crippen LogP contribution in [-0.4, -0.2) is 44.0 Å². The molecular formula is C15H19N4O4-. The summed E-state index contributed by atoms with van der Waals surface area (Å²) < 4.78 is 5.36. The zero-order valence-electron chi connectivity index (χ0n) is 13.0. The van der Waals surface area contributed by atoms with Gasteiger partial charge in [0.1, 0.15) is 0 Å². The van der Waals surface area contributed by atoms with Crippen LogP contribution in [0.5, 0.6) is 0 Å². The largest absolute Gasteiger partial charge is 0.733 e. The first-order valence-corrected chi connectivity index (χ1v) is 7.49. The SMILES string of the molecule is CC(C)N1C[C@H](O)C[C@H]1c1nc(-c2cccc(N([O-])O)c2)no1. The van der Waals surface area contributed by atoms with Gasteiger partial charge in [0.2, 0.25) is 11.7 Å². The number of nitrogens with zero attached hydrogens (tertiary/aromatic N) is 4. The Hall–Kier alpha value is -2.00. The number of aliphatic hydroxyl groups excluding tert-OH is 1. The number of rotatable bonds is 4. The normalized spacial score (nSPS) is 22.0. The molecule has 1 saturated heterocycles. The Bertz CT molecular complexity index is 673. The third-order valence-corrected chi connectivity index (χ3v) is 4.03. The average Bonchev–Trinajstić information content (AvgIpc) is 3.13. The third-order valence-electron chi connectivity index (χ3n) is 4.03. The number of hydrogen-bond donors (Lipinski definition) is 2. The number of anilines is 1. The number of aliphatic hydroxyl groups is 1. The summed E-state index contributed by atoms with van der Waals surface area (Å²) in [4.78, 5) is 6.51. The van der Waals surface area contributed by atoms with Gasteiger partial charge < -0.3 is 20.1 Å². The molecule has 1 aliphatic rings. The smallest absolute Gasteiger partial charge is 0.244 e. The predicted molar refractivity (Wildman–Crippen MR) is 82.6 cm³/mol. The Morgan fingerprint density at radius 2 is 2.22 bits per heavy atom. The van der Waals surface area contributed by atoms with Gasteiger partial charge in [-0.25, -0.2) is 0 Å². The van der Waals surface area contributed by atoms with Crippen LogP contribution < -0.4 is 5.23 Å². The molecular weight excluding hydrogens is 300 g/mol. The van der Waals surface area contributed by atoms with E-state index in [-0.39, 0.29) is 23.0 Å². The highest BCUT2D eigenvalue weighted by Crippen LogP contribution is 2.34. The number of aromatic nitrogens is 2. The van der Waals surface area contributed by atoms with Gasteiger partial charge in [-0.05, 0) is 32.4 Å². The van der Waals surface area contributed by atoms with Crippen molar-refractivity contribution in [2.45, 2.75) is 38.5 Å². The molecule has 2 atom stereocenters. The van der Waals surface area contributed by atoms with E-state index in [2.05, 4.69) is 28.9 Å². The molecule has 0 saturated carbocycles. The van der Waals surface area contributed by atoms with Crippen LogP contribution in [0.25, 0.3) is 11.4 Å². The minimum absolute atomic E-state index is 0.0916. The van der Waals surface area contributed by atoms with Crippen LogP contribution in [0.3, 0.4) is 0 Å². The molecule has 1 aliphatic heterocycles. The minimum Gasteiger partial charge on any atom is -0.733 e. The maximum Gasteiger partial charge on any atom is 0.244 e. The first kappa shape index (κ1) is 15.9. The zero-order valence-corrected chi connectivity index (χ0v) is 13.0. The number of likely N-dealkylation sites (tertiary alicyclic amines) is 1. The summed E-state index contributed by atoms with van der Waals surface area (Å²) in [5, 5.41) is 33.6. The quantitative estimate of drug-likeness (QED) is 0.823. The fourth-order valence-corrected chi connectivity index (χ4v) is 2.90. The number of β-amino-alcohol motifs (C(OH)–C–C–N with tert-alkyl or cyclic N) is 1. The molecule has 23 heavy (non-hydrogen) atoms. The Balaban J connectivity index is 1.87. The molecule has 0 radical (unpaired) electrons. The topological polar surface area (TPSA) is 109 Å². The van der Waals surface area contributed by atoms with Crippen LogP contribution in [-0.2, 0) is 0 Å². The molecule has 3 rings (SSSR count). The molecule has 2 aromatic rings. The van der Waals surface area contributed by atoms with Crippen molar-refractivity contribution in [1.82, 2.24) is 15.0 Å². The van der Waals surface area contributed by atoms with Gasteiger partial charge in [-0.15, -0.1) is 0 Å². The van der Waals surface area contributed by atoms with Gasteiger partial charge in [0.15, 0.2) is 0 Å². The van der Waals surface area contributed by atoms with E-state index in [9.17, 15) is 10.3 Å². The molecule has 8 nitrogen and oxygen atoms in total. The van der Waals surface area contributed by atoms with Crippen LogP contribution in [0.15, 0.2) is 28.8 Å². The summed E-state index contributed by atoms with van der Waals surface area (Å²) in [7, 11) is 0. The monoisotopic (exact) mass is 319 g/mol. The van der Waals surface area contributed by atoms with Crippen LogP contribution >= 0.6 is 0 Å². The van der Waals surface area contributed by atoms with Crippen molar-refractivity contribution in [1.29, 1.82) is 0 Å². The summed E-state index contributed by atoms with van der Waals surface area (Å²) in [6.45, 7) is 4.68. The third kappa shape index (κ3) is 3.20. The van der Waals surface area contributed by atoms with Gasteiger partial charge in [0, 0.05) is 18.2 Å². The summed E-state index contributed by atoms with van der Waals surface area (Å²) in [6, 6.07) is 6.44. The van der Waals surface area contributed by atoms with E-state index in [0.717, 1.165) is 0 Å². The molecule has 0 unspecified atom stereocenters. The van der Waals surface area contributed by atoms with Crippen molar-refractivity contribution in [3.05, 3.63) is 35.4 Å². The molecule has 1 aromatic heterocycles. The summed E-state index contributed by atoms with van der Waals surface area (Å²) in [5.41, 5.74) is 0.663. The fourth-order valence-electron chi connectivity index (χ4n) is 2.90. The lowest BCUT2D eigenvalue weighted by atomic mass is 10.1. The molecule has 0 aliphatic carbocycles. The molecule has 1 aromatic carbocycles. The van der Waals surface area contributed by atoms with E-state index in [4.69, 9.17) is 9.73 Å². The van der Waals surface area contributed by atoms with Gasteiger partial charge >= 0.3 is 0 Å².